The molecule has 0 radical (unpaired) electrons. The van der Waals surface area contributed by atoms with Crippen LogP contribution in [0.1, 0.15) is 38.6 Å². The number of hydrogen-bond acceptors (Lipinski definition) is 8. The summed E-state index contributed by atoms with van der Waals surface area (Å²) in [5, 5.41) is 5.83. The Morgan fingerprint density at radius 3 is 2.11 bits per heavy atom. The van der Waals surface area contributed by atoms with Gasteiger partial charge in [-0.2, -0.15) is 4.98 Å². The molecule has 0 aliphatic rings. The van der Waals surface area contributed by atoms with E-state index in [1.807, 2.05) is 19.1 Å². The van der Waals surface area contributed by atoms with Gasteiger partial charge in [-0.3, -0.25) is 0 Å². The van der Waals surface area contributed by atoms with Crippen LogP contribution in [-0.4, -0.2) is 49.0 Å². The molecule has 0 aliphatic carbocycles. The molecule has 0 saturated carbocycles. The largest absolute Gasteiger partial charge is 0.480 e. The number of aromatic nitrogens is 4. The van der Waals surface area contributed by atoms with E-state index in [0.29, 0.717) is 52.9 Å². The predicted octanol–water partition coefficient (Wildman–Crippen LogP) is 7.25. The van der Waals surface area contributed by atoms with Gasteiger partial charge in [0.1, 0.15) is 16.7 Å². The Kier molecular flexibility index (Phi) is 10.4. The van der Waals surface area contributed by atoms with Gasteiger partial charge in [0.2, 0.25) is 11.8 Å². The number of hydrogen-bond donors (Lipinski definition) is 1. The van der Waals surface area contributed by atoms with E-state index in [-0.39, 0.29) is 5.04 Å². The van der Waals surface area contributed by atoms with E-state index in [0.717, 1.165) is 17.7 Å². The van der Waals surface area contributed by atoms with Gasteiger partial charge in [0.25, 0.3) is 8.32 Å². The number of pyridine rings is 2. The predicted molar refractivity (Wildman–Crippen MR) is 187 cm³/mol. The maximum atomic E-state index is 7.15. The number of methoxy groups -OCH3 is 1. The van der Waals surface area contributed by atoms with Crippen LogP contribution in [0.2, 0.25) is 10.2 Å². The van der Waals surface area contributed by atoms with E-state index in [2.05, 4.69) is 96.7 Å². The number of halogens is 1. The maximum absolute atomic E-state index is 7.15. The minimum Gasteiger partial charge on any atom is -0.480 e. The lowest BCUT2D eigenvalue weighted by molar-refractivity contribution is 0.291. The fourth-order valence-corrected chi connectivity index (χ4v) is 10.5. The van der Waals surface area contributed by atoms with Crippen molar-refractivity contribution in [3.05, 3.63) is 108 Å². The van der Waals surface area contributed by atoms with Crippen LogP contribution in [0.15, 0.2) is 91.1 Å². The van der Waals surface area contributed by atoms with E-state index >= 15 is 0 Å². The first-order valence-corrected chi connectivity index (χ1v) is 17.6. The summed E-state index contributed by atoms with van der Waals surface area (Å²) < 4.78 is 19.0. The minimum absolute atomic E-state index is 0.106. The van der Waals surface area contributed by atoms with Gasteiger partial charge in [-0.1, -0.05) is 93.0 Å². The summed E-state index contributed by atoms with van der Waals surface area (Å²) in [6, 6.07) is 28.6. The molecule has 10 heteroatoms. The molecule has 5 aromatic rings. The van der Waals surface area contributed by atoms with Crippen LogP contribution in [0.3, 0.4) is 0 Å². The highest BCUT2D eigenvalue weighted by Gasteiger charge is 2.50. The number of nitrogens with zero attached hydrogens (tertiary/aromatic N) is 4. The summed E-state index contributed by atoms with van der Waals surface area (Å²) >= 11 is 6.05. The van der Waals surface area contributed by atoms with Crippen molar-refractivity contribution in [2.24, 2.45) is 0 Å². The van der Waals surface area contributed by atoms with Crippen molar-refractivity contribution in [1.29, 1.82) is 0 Å². The van der Waals surface area contributed by atoms with Gasteiger partial charge < -0.3 is 19.2 Å². The van der Waals surface area contributed by atoms with Crippen LogP contribution < -0.4 is 25.2 Å². The van der Waals surface area contributed by atoms with E-state index in [4.69, 9.17) is 35.5 Å². The van der Waals surface area contributed by atoms with Crippen molar-refractivity contribution in [3.63, 3.8) is 0 Å². The van der Waals surface area contributed by atoms with Gasteiger partial charge in [-0.25, -0.2) is 15.0 Å². The highest BCUT2D eigenvalue weighted by atomic mass is 35.5. The van der Waals surface area contributed by atoms with E-state index in [9.17, 15) is 0 Å². The summed E-state index contributed by atoms with van der Waals surface area (Å²) in [6.07, 6.45) is 2.98. The van der Waals surface area contributed by atoms with Crippen molar-refractivity contribution < 1.29 is 13.9 Å². The first kappa shape index (κ1) is 33.1. The molecule has 0 aliphatic heterocycles. The lowest BCUT2D eigenvalue weighted by Crippen LogP contribution is -2.66. The second-order valence-corrected chi connectivity index (χ2v) is 16.6. The molecule has 46 heavy (non-hydrogen) atoms. The fraction of sp³-hybridized carbons (Fsp3) is 0.278. The molecule has 238 valence electrons. The number of rotatable bonds is 12. The number of anilines is 1. The minimum atomic E-state index is -2.66. The first-order chi connectivity index (χ1) is 22.2. The van der Waals surface area contributed by atoms with Crippen LogP contribution in [0.4, 0.5) is 5.95 Å². The zero-order valence-corrected chi connectivity index (χ0v) is 28.9. The molecule has 0 bridgehead atoms. The molecule has 8 nitrogen and oxygen atoms in total. The standard InChI is InChI=1S/C36H40ClN5O3Si/c1-25-31(45-26-21-22-39-32(37)24-26)20-19-30(40-25)33-29(41-35(38-5)42-34(33)43-6)18-13-23-44-46(36(2,3)4,27-14-9-7-10-15-27)28-16-11-8-12-17-28/h7-12,14-17,19-22,24H,13,18,23H2,1-6H3,(H,38,41,42). The maximum Gasteiger partial charge on any atom is 0.261 e. The molecular formula is C36H40ClN5O3Si. The molecule has 3 heterocycles. The topological polar surface area (TPSA) is 91.3 Å². The number of aryl methyl sites for hydroxylation is 2. The van der Waals surface area contributed by atoms with Crippen LogP contribution in [0.25, 0.3) is 11.3 Å². The van der Waals surface area contributed by atoms with Crippen molar-refractivity contribution in [1.82, 2.24) is 19.9 Å². The molecule has 0 fully saturated rings. The lowest BCUT2D eigenvalue weighted by atomic mass is 10.1. The second kappa shape index (κ2) is 14.4. The monoisotopic (exact) mass is 653 g/mol. The van der Waals surface area contributed by atoms with E-state index < -0.39 is 8.32 Å². The van der Waals surface area contributed by atoms with Crippen molar-refractivity contribution in [2.75, 3.05) is 26.1 Å². The van der Waals surface area contributed by atoms with Gasteiger partial charge in [0.15, 0.2) is 0 Å². The Morgan fingerprint density at radius 1 is 0.870 bits per heavy atom. The summed E-state index contributed by atoms with van der Waals surface area (Å²) in [5.74, 6) is 2.12. The highest BCUT2D eigenvalue weighted by Crippen LogP contribution is 2.38. The SMILES string of the molecule is CNc1nc(CCCO[Si](c2ccccc2)(c2ccccc2)C(C)(C)C)c(-c2ccc(Oc3ccnc(Cl)c3)c(C)n2)c(OC)n1. The van der Waals surface area contributed by atoms with Crippen LogP contribution in [-0.2, 0) is 10.8 Å². The quantitative estimate of drug-likeness (QED) is 0.0856. The van der Waals surface area contributed by atoms with Crippen LogP contribution >= 0.6 is 11.6 Å². The Morgan fingerprint density at radius 2 is 1.54 bits per heavy atom. The molecule has 0 spiro atoms. The van der Waals surface area contributed by atoms with E-state index in [1.165, 1.54) is 10.4 Å². The van der Waals surface area contributed by atoms with Crippen molar-refractivity contribution >= 4 is 36.2 Å². The normalized spacial score (nSPS) is 11.7. The van der Waals surface area contributed by atoms with Crippen LogP contribution in [0.5, 0.6) is 17.4 Å². The van der Waals surface area contributed by atoms with Gasteiger partial charge in [-0.15, -0.1) is 0 Å². The first-order valence-electron chi connectivity index (χ1n) is 15.3. The van der Waals surface area contributed by atoms with Gasteiger partial charge in [-0.05, 0) is 53.4 Å². The van der Waals surface area contributed by atoms with Crippen LogP contribution in [0, 0.1) is 6.92 Å². The summed E-state index contributed by atoms with van der Waals surface area (Å²) in [6.45, 7) is 9.32. The van der Waals surface area contributed by atoms with Gasteiger partial charge >= 0.3 is 0 Å². The second-order valence-electron chi connectivity index (χ2n) is 11.9. The average Bonchev–Trinajstić information content (AvgIpc) is 3.05. The third-order valence-electron chi connectivity index (χ3n) is 7.88. The molecule has 0 amide bonds. The average molecular weight is 654 g/mol. The Bertz CT molecular complexity index is 1730. The zero-order valence-electron chi connectivity index (χ0n) is 27.2. The molecule has 0 unspecified atom stereocenters. The van der Waals surface area contributed by atoms with Gasteiger partial charge in [0, 0.05) is 25.9 Å². The summed E-state index contributed by atoms with van der Waals surface area (Å²) in [4.78, 5) is 18.4. The molecular weight excluding hydrogens is 614 g/mol. The molecule has 1 N–H and O–H groups in total. The fourth-order valence-electron chi connectivity index (χ4n) is 5.78. The molecule has 2 aromatic carbocycles. The van der Waals surface area contributed by atoms with Gasteiger partial charge in [0.05, 0.1) is 29.8 Å². The zero-order chi connectivity index (χ0) is 32.7. The third-order valence-corrected chi connectivity index (χ3v) is 13.1. The van der Waals surface area contributed by atoms with Crippen molar-refractivity contribution in [2.45, 2.75) is 45.6 Å². The Hall–Kier alpha value is -4.31. The molecule has 3 aromatic heterocycles. The molecule has 5 rings (SSSR count). The summed E-state index contributed by atoms with van der Waals surface area (Å²) in [7, 11) is 0.747. The third kappa shape index (κ3) is 7.07. The van der Waals surface area contributed by atoms with Crippen molar-refractivity contribution in [3.8, 4) is 28.6 Å². The molecule has 0 saturated heterocycles. The lowest BCUT2D eigenvalue weighted by Gasteiger charge is -2.43. The Labute approximate surface area is 277 Å². The Balaban J connectivity index is 1.44. The molecule has 0 atom stereocenters. The smallest absolute Gasteiger partial charge is 0.261 e. The van der Waals surface area contributed by atoms with E-state index in [1.54, 1.807) is 32.5 Å². The summed E-state index contributed by atoms with van der Waals surface area (Å²) in [5.41, 5.74) is 2.96. The highest BCUT2D eigenvalue weighted by molar-refractivity contribution is 6.99. The number of ether oxygens (including phenoxy) is 2. The number of nitrogens with one attached hydrogen (secondary N) is 1. The number of benzene rings is 2.